The second kappa shape index (κ2) is 8.19. The van der Waals surface area contributed by atoms with Crippen LogP contribution in [0.5, 0.6) is 11.5 Å². The molecule has 0 unspecified atom stereocenters. The largest absolute Gasteiger partial charge is 0.488 e. The van der Waals surface area contributed by atoms with Crippen molar-refractivity contribution in [3.05, 3.63) is 63.2 Å². The molecular weight excluding hydrogens is 417 g/mol. The molecule has 4 nitrogen and oxygen atoms in total. The second-order valence-corrected chi connectivity index (χ2v) is 9.42. The summed E-state index contributed by atoms with van der Waals surface area (Å²) in [5, 5.41) is 3.32. The number of carbonyl (C=O) groups excluding carboxylic acids is 1. The third-order valence-electron chi connectivity index (χ3n) is 5.82. The molecule has 0 spiro atoms. The number of rotatable bonds is 6. The highest BCUT2D eigenvalue weighted by Crippen LogP contribution is 2.40. The number of benzene rings is 2. The quantitative estimate of drug-likeness (QED) is 0.600. The van der Waals surface area contributed by atoms with Crippen LogP contribution in [0.3, 0.4) is 0 Å². The fourth-order valence-electron chi connectivity index (χ4n) is 3.87. The van der Waals surface area contributed by atoms with Gasteiger partial charge in [0.2, 0.25) is 5.91 Å². The van der Waals surface area contributed by atoms with Crippen molar-refractivity contribution >= 4 is 23.6 Å². The van der Waals surface area contributed by atoms with Gasteiger partial charge in [-0.1, -0.05) is 17.7 Å². The average Bonchev–Trinajstić information content (AvgIpc) is 3.27. The van der Waals surface area contributed by atoms with Gasteiger partial charge in [-0.3, -0.25) is 4.79 Å². The van der Waals surface area contributed by atoms with Crippen LogP contribution in [0.2, 0.25) is 5.02 Å². The van der Waals surface area contributed by atoms with Crippen LogP contribution in [0.25, 0.3) is 6.08 Å². The van der Waals surface area contributed by atoms with Gasteiger partial charge in [0.1, 0.15) is 29.9 Å². The van der Waals surface area contributed by atoms with E-state index in [-0.39, 0.29) is 17.6 Å². The standard InChI is InChI=1S/C25H27ClFNO3/c1-14-15(2)22(7-5-16(14)6-8-23(29)28-21-11-20(21)27)30-13-18-10-19(26)9-17-12-25(3,4)31-24(17)18/h5-10,20-21H,11-13H2,1-4H3,(H,28,29)/t20-,21-/m1/s1. The van der Waals surface area contributed by atoms with Crippen molar-refractivity contribution in [3.8, 4) is 11.5 Å². The molecule has 1 heterocycles. The highest BCUT2D eigenvalue weighted by molar-refractivity contribution is 6.30. The summed E-state index contributed by atoms with van der Waals surface area (Å²) >= 11 is 6.31. The molecule has 0 aromatic heterocycles. The van der Waals surface area contributed by atoms with Crippen molar-refractivity contribution < 1.29 is 18.7 Å². The minimum Gasteiger partial charge on any atom is -0.488 e. The Bertz CT molecular complexity index is 1060. The molecule has 0 bridgehead atoms. The molecule has 0 saturated heterocycles. The maximum absolute atomic E-state index is 12.9. The summed E-state index contributed by atoms with van der Waals surface area (Å²) in [6.07, 6.45) is 3.51. The summed E-state index contributed by atoms with van der Waals surface area (Å²) < 4.78 is 25.2. The van der Waals surface area contributed by atoms with Gasteiger partial charge in [0.15, 0.2) is 0 Å². The lowest BCUT2D eigenvalue weighted by Gasteiger charge is -2.19. The number of amides is 1. The highest BCUT2D eigenvalue weighted by Gasteiger charge is 2.38. The Labute approximate surface area is 187 Å². The summed E-state index contributed by atoms with van der Waals surface area (Å²) in [4.78, 5) is 11.9. The molecule has 1 saturated carbocycles. The zero-order valence-electron chi connectivity index (χ0n) is 18.2. The van der Waals surface area contributed by atoms with Gasteiger partial charge in [0.05, 0.1) is 6.04 Å². The summed E-state index contributed by atoms with van der Waals surface area (Å²) in [6.45, 7) is 8.45. The summed E-state index contributed by atoms with van der Waals surface area (Å²) in [5.74, 6) is 1.35. The average molecular weight is 444 g/mol. The Morgan fingerprint density at radius 3 is 2.77 bits per heavy atom. The van der Waals surface area contributed by atoms with Crippen LogP contribution in [0, 0.1) is 13.8 Å². The summed E-state index contributed by atoms with van der Waals surface area (Å²) in [6, 6.07) is 7.32. The monoisotopic (exact) mass is 443 g/mol. The van der Waals surface area contributed by atoms with E-state index in [4.69, 9.17) is 21.1 Å². The van der Waals surface area contributed by atoms with Crippen LogP contribution in [0.1, 0.15) is 48.1 Å². The third-order valence-corrected chi connectivity index (χ3v) is 6.04. The number of nitrogens with one attached hydrogen (secondary N) is 1. The Kier molecular flexibility index (Phi) is 5.73. The Hall–Kier alpha value is -2.53. The smallest absolute Gasteiger partial charge is 0.244 e. The van der Waals surface area contributed by atoms with Crippen LogP contribution in [0.15, 0.2) is 30.3 Å². The number of hydrogen-bond donors (Lipinski definition) is 1. The first-order valence-corrected chi connectivity index (χ1v) is 10.9. The van der Waals surface area contributed by atoms with E-state index in [9.17, 15) is 9.18 Å². The van der Waals surface area contributed by atoms with Crippen molar-refractivity contribution in [2.45, 2.75) is 65.0 Å². The molecule has 4 rings (SSSR count). The van der Waals surface area contributed by atoms with Gasteiger partial charge in [-0.2, -0.15) is 0 Å². The van der Waals surface area contributed by atoms with E-state index >= 15 is 0 Å². The van der Waals surface area contributed by atoms with Crippen molar-refractivity contribution in [1.82, 2.24) is 5.32 Å². The molecule has 0 radical (unpaired) electrons. The van der Waals surface area contributed by atoms with Crippen LogP contribution in [-0.2, 0) is 17.8 Å². The molecule has 31 heavy (non-hydrogen) atoms. The van der Waals surface area contributed by atoms with E-state index in [0.717, 1.165) is 45.7 Å². The predicted octanol–water partition coefficient (Wildman–Crippen LogP) is 5.49. The maximum atomic E-state index is 12.9. The van der Waals surface area contributed by atoms with Crippen LogP contribution < -0.4 is 14.8 Å². The molecule has 2 aromatic rings. The number of alkyl halides is 1. The fourth-order valence-corrected chi connectivity index (χ4v) is 4.13. The number of ether oxygens (including phenoxy) is 2. The van der Waals surface area contributed by atoms with E-state index in [2.05, 4.69) is 19.2 Å². The van der Waals surface area contributed by atoms with Gasteiger partial charge >= 0.3 is 0 Å². The van der Waals surface area contributed by atoms with Crippen LogP contribution in [0.4, 0.5) is 4.39 Å². The van der Waals surface area contributed by atoms with Crippen molar-refractivity contribution in [1.29, 1.82) is 0 Å². The molecule has 1 aliphatic heterocycles. The lowest BCUT2D eigenvalue weighted by Crippen LogP contribution is -2.25. The third kappa shape index (κ3) is 4.87. The molecule has 1 N–H and O–H groups in total. The molecule has 1 aliphatic carbocycles. The predicted molar refractivity (Wildman–Crippen MR) is 121 cm³/mol. The normalized spacial score (nSPS) is 21.0. The molecule has 1 amide bonds. The van der Waals surface area contributed by atoms with Gasteiger partial charge < -0.3 is 14.8 Å². The Balaban J connectivity index is 1.46. The SMILES string of the molecule is Cc1c(C=CC(=O)N[C@@H]2C[C@H]2F)ccc(OCc2cc(Cl)cc3c2OC(C)(C)C3)c1C. The summed E-state index contributed by atoms with van der Waals surface area (Å²) in [7, 11) is 0. The number of fused-ring (bicyclic) bond motifs is 1. The molecule has 6 heteroatoms. The van der Waals surface area contributed by atoms with Crippen molar-refractivity contribution in [2.75, 3.05) is 0 Å². The van der Waals surface area contributed by atoms with E-state index in [1.54, 1.807) is 6.08 Å². The molecule has 1 fully saturated rings. The van der Waals surface area contributed by atoms with E-state index in [1.165, 1.54) is 6.08 Å². The zero-order valence-corrected chi connectivity index (χ0v) is 19.0. The van der Waals surface area contributed by atoms with Gasteiger partial charge in [0.25, 0.3) is 0 Å². The van der Waals surface area contributed by atoms with E-state index in [1.807, 2.05) is 38.1 Å². The van der Waals surface area contributed by atoms with Crippen molar-refractivity contribution in [3.63, 3.8) is 0 Å². The van der Waals surface area contributed by atoms with Crippen LogP contribution in [-0.4, -0.2) is 23.7 Å². The van der Waals surface area contributed by atoms with E-state index in [0.29, 0.717) is 18.1 Å². The molecule has 164 valence electrons. The second-order valence-electron chi connectivity index (χ2n) is 8.98. The first-order valence-electron chi connectivity index (χ1n) is 10.5. The molecular formula is C25H27ClFNO3. The van der Waals surface area contributed by atoms with Crippen molar-refractivity contribution in [2.24, 2.45) is 0 Å². The first-order chi connectivity index (χ1) is 14.6. The lowest BCUT2D eigenvalue weighted by atomic mass is 10.0. The first kappa shape index (κ1) is 21.7. The number of carbonyl (C=O) groups is 1. The minimum absolute atomic E-state index is 0.251. The van der Waals surface area contributed by atoms with Gasteiger partial charge in [-0.15, -0.1) is 0 Å². The maximum Gasteiger partial charge on any atom is 0.244 e. The Morgan fingerprint density at radius 2 is 2.06 bits per heavy atom. The lowest BCUT2D eigenvalue weighted by molar-refractivity contribution is -0.116. The highest BCUT2D eigenvalue weighted by atomic mass is 35.5. The van der Waals surface area contributed by atoms with Gasteiger partial charge in [-0.25, -0.2) is 4.39 Å². The zero-order chi connectivity index (χ0) is 22.3. The molecule has 2 aliphatic rings. The molecule has 2 atom stereocenters. The fraction of sp³-hybridized carbons (Fsp3) is 0.400. The number of hydrogen-bond acceptors (Lipinski definition) is 3. The van der Waals surface area contributed by atoms with Gasteiger partial charge in [0, 0.05) is 29.5 Å². The minimum atomic E-state index is -0.907. The Morgan fingerprint density at radius 1 is 1.32 bits per heavy atom. The van der Waals surface area contributed by atoms with Crippen LogP contribution >= 0.6 is 11.6 Å². The van der Waals surface area contributed by atoms with Gasteiger partial charge in [-0.05, 0) is 74.2 Å². The number of halogens is 2. The van der Waals surface area contributed by atoms with E-state index < -0.39 is 6.17 Å². The molecule has 2 aromatic carbocycles. The summed E-state index contributed by atoms with van der Waals surface area (Å²) in [5.41, 5.74) is 4.71. The topological polar surface area (TPSA) is 47.6 Å².